The standard InChI is InChI=1S/C12H16N4/c13-6-10-7-16-8-14-11(5-12(16)15-10)9-3-1-2-4-9/h5,7-9H,1-4,6,13H2. The maximum absolute atomic E-state index is 5.58. The Morgan fingerprint density at radius 2 is 2.19 bits per heavy atom. The molecule has 0 aliphatic heterocycles. The SMILES string of the molecule is NCc1cn2cnc(C3CCCC3)cc2n1. The van der Waals surface area contributed by atoms with Gasteiger partial charge in [-0.1, -0.05) is 12.8 Å². The fourth-order valence-electron chi connectivity index (χ4n) is 2.50. The molecule has 1 fully saturated rings. The van der Waals surface area contributed by atoms with Crippen LogP contribution in [0.1, 0.15) is 43.0 Å². The lowest BCUT2D eigenvalue weighted by Gasteiger charge is -2.07. The van der Waals surface area contributed by atoms with Crippen LogP contribution >= 0.6 is 0 Å². The molecule has 1 aliphatic rings. The topological polar surface area (TPSA) is 56.2 Å². The highest BCUT2D eigenvalue weighted by Gasteiger charge is 2.18. The number of rotatable bonds is 2. The van der Waals surface area contributed by atoms with Crippen molar-refractivity contribution in [2.75, 3.05) is 0 Å². The molecule has 2 aromatic rings. The summed E-state index contributed by atoms with van der Waals surface area (Å²) >= 11 is 0. The third-order valence-corrected chi connectivity index (χ3v) is 3.40. The van der Waals surface area contributed by atoms with Gasteiger partial charge in [-0.15, -0.1) is 0 Å². The van der Waals surface area contributed by atoms with Gasteiger partial charge in [0.25, 0.3) is 0 Å². The molecule has 2 N–H and O–H groups in total. The molecule has 2 aromatic heterocycles. The number of hydrogen-bond acceptors (Lipinski definition) is 3. The highest BCUT2D eigenvalue weighted by atomic mass is 15.0. The minimum absolute atomic E-state index is 0.487. The van der Waals surface area contributed by atoms with Gasteiger partial charge in [0.1, 0.15) is 12.0 Å². The van der Waals surface area contributed by atoms with Crippen LogP contribution in [0.4, 0.5) is 0 Å². The predicted octanol–water partition coefficient (Wildman–Crippen LogP) is 1.85. The van der Waals surface area contributed by atoms with E-state index in [1.165, 1.54) is 31.4 Å². The van der Waals surface area contributed by atoms with E-state index in [1.54, 1.807) is 0 Å². The summed E-state index contributed by atoms with van der Waals surface area (Å²) in [5.74, 6) is 0.642. The monoisotopic (exact) mass is 216 g/mol. The Morgan fingerprint density at radius 3 is 2.94 bits per heavy atom. The zero-order valence-electron chi connectivity index (χ0n) is 9.26. The smallest absolute Gasteiger partial charge is 0.140 e. The molecular formula is C12H16N4. The minimum atomic E-state index is 0.487. The van der Waals surface area contributed by atoms with Crippen molar-refractivity contribution in [3.63, 3.8) is 0 Å². The van der Waals surface area contributed by atoms with Crippen molar-refractivity contribution < 1.29 is 0 Å². The molecular weight excluding hydrogens is 200 g/mol. The highest BCUT2D eigenvalue weighted by Crippen LogP contribution is 2.33. The van der Waals surface area contributed by atoms with E-state index >= 15 is 0 Å². The van der Waals surface area contributed by atoms with Crippen molar-refractivity contribution in [1.82, 2.24) is 14.4 Å². The molecule has 0 unspecified atom stereocenters. The fourth-order valence-corrected chi connectivity index (χ4v) is 2.50. The molecule has 0 aromatic carbocycles. The molecule has 84 valence electrons. The fraction of sp³-hybridized carbons (Fsp3) is 0.500. The summed E-state index contributed by atoms with van der Waals surface area (Å²) in [5, 5.41) is 0. The number of hydrogen-bond donors (Lipinski definition) is 1. The Bertz CT molecular complexity index is 497. The zero-order chi connectivity index (χ0) is 11.0. The van der Waals surface area contributed by atoms with E-state index in [0.29, 0.717) is 12.5 Å². The van der Waals surface area contributed by atoms with Crippen LogP contribution in [-0.4, -0.2) is 14.4 Å². The summed E-state index contributed by atoms with van der Waals surface area (Å²) in [7, 11) is 0. The van der Waals surface area contributed by atoms with E-state index in [1.807, 2.05) is 16.9 Å². The molecule has 1 saturated carbocycles. The predicted molar refractivity (Wildman–Crippen MR) is 62.1 cm³/mol. The average Bonchev–Trinajstić information content (AvgIpc) is 2.96. The Hall–Kier alpha value is -1.42. The van der Waals surface area contributed by atoms with Gasteiger partial charge in [-0.05, 0) is 12.8 Å². The minimum Gasteiger partial charge on any atom is -0.325 e. The van der Waals surface area contributed by atoms with Crippen molar-refractivity contribution in [2.24, 2.45) is 5.73 Å². The average molecular weight is 216 g/mol. The van der Waals surface area contributed by atoms with E-state index in [-0.39, 0.29) is 0 Å². The first kappa shape index (κ1) is 9.78. The second kappa shape index (κ2) is 3.87. The van der Waals surface area contributed by atoms with Gasteiger partial charge in [-0.25, -0.2) is 9.97 Å². The molecule has 2 heterocycles. The lowest BCUT2D eigenvalue weighted by Crippen LogP contribution is -1.98. The Kier molecular flexibility index (Phi) is 2.36. The molecule has 0 bridgehead atoms. The first-order valence-corrected chi connectivity index (χ1v) is 5.90. The summed E-state index contributed by atoms with van der Waals surface area (Å²) in [6, 6.07) is 2.11. The van der Waals surface area contributed by atoms with Crippen molar-refractivity contribution in [2.45, 2.75) is 38.1 Å². The van der Waals surface area contributed by atoms with Crippen LogP contribution in [0, 0.1) is 0 Å². The number of nitrogens with two attached hydrogens (primary N) is 1. The molecule has 4 heteroatoms. The Morgan fingerprint density at radius 1 is 1.38 bits per heavy atom. The van der Waals surface area contributed by atoms with E-state index in [2.05, 4.69) is 16.0 Å². The van der Waals surface area contributed by atoms with E-state index in [9.17, 15) is 0 Å². The molecule has 16 heavy (non-hydrogen) atoms. The van der Waals surface area contributed by atoms with E-state index in [0.717, 1.165) is 11.3 Å². The maximum atomic E-state index is 5.58. The molecule has 0 saturated heterocycles. The van der Waals surface area contributed by atoms with Gasteiger partial charge in [-0.2, -0.15) is 0 Å². The highest BCUT2D eigenvalue weighted by molar-refractivity contribution is 5.41. The molecule has 0 amide bonds. The summed E-state index contributed by atoms with van der Waals surface area (Å²) in [5.41, 5.74) is 8.66. The maximum Gasteiger partial charge on any atom is 0.140 e. The summed E-state index contributed by atoms with van der Waals surface area (Å²) in [6.07, 6.45) is 9.01. The van der Waals surface area contributed by atoms with Crippen LogP contribution in [0.2, 0.25) is 0 Å². The van der Waals surface area contributed by atoms with Gasteiger partial charge < -0.3 is 5.73 Å². The quantitative estimate of drug-likeness (QED) is 0.833. The molecule has 0 spiro atoms. The van der Waals surface area contributed by atoms with Crippen molar-refractivity contribution in [3.8, 4) is 0 Å². The summed E-state index contributed by atoms with van der Waals surface area (Å²) < 4.78 is 1.95. The number of aromatic nitrogens is 3. The lowest BCUT2D eigenvalue weighted by molar-refractivity contribution is 0.693. The second-order valence-corrected chi connectivity index (χ2v) is 4.50. The normalized spacial score (nSPS) is 17.3. The van der Waals surface area contributed by atoms with E-state index in [4.69, 9.17) is 5.73 Å². The van der Waals surface area contributed by atoms with Crippen molar-refractivity contribution in [3.05, 3.63) is 30.0 Å². The Balaban J connectivity index is 2.00. The van der Waals surface area contributed by atoms with Crippen LogP contribution in [0.15, 0.2) is 18.6 Å². The van der Waals surface area contributed by atoms with Gasteiger partial charge in [0.05, 0.1) is 5.69 Å². The van der Waals surface area contributed by atoms with Gasteiger partial charge >= 0.3 is 0 Å². The Labute approximate surface area is 94.5 Å². The molecule has 0 atom stereocenters. The van der Waals surface area contributed by atoms with E-state index < -0.39 is 0 Å². The van der Waals surface area contributed by atoms with Crippen LogP contribution in [0.3, 0.4) is 0 Å². The van der Waals surface area contributed by atoms with Gasteiger partial charge in [0.15, 0.2) is 0 Å². The molecule has 3 rings (SSSR count). The summed E-state index contributed by atoms with van der Waals surface area (Å²) in [4.78, 5) is 8.98. The zero-order valence-corrected chi connectivity index (χ0v) is 9.26. The van der Waals surface area contributed by atoms with Crippen LogP contribution < -0.4 is 5.73 Å². The molecule has 0 radical (unpaired) electrons. The summed E-state index contributed by atoms with van der Waals surface area (Å²) in [6.45, 7) is 0.487. The van der Waals surface area contributed by atoms with Crippen LogP contribution in [0.5, 0.6) is 0 Å². The first-order chi connectivity index (χ1) is 7.86. The number of nitrogens with zero attached hydrogens (tertiary/aromatic N) is 3. The third-order valence-electron chi connectivity index (χ3n) is 3.40. The van der Waals surface area contributed by atoms with Crippen molar-refractivity contribution >= 4 is 5.65 Å². The van der Waals surface area contributed by atoms with Gasteiger partial charge in [0, 0.05) is 30.4 Å². The van der Waals surface area contributed by atoms with Crippen molar-refractivity contribution in [1.29, 1.82) is 0 Å². The largest absolute Gasteiger partial charge is 0.325 e. The molecule has 1 aliphatic carbocycles. The van der Waals surface area contributed by atoms with Crippen LogP contribution in [-0.2, 0) is 6.54 Å². The second-order valence-electron chi connectivity index (χ2n) is 4.50. The number of imidazole rings is 1. The first-order valence-electron chi connectivity index (χ1n) is 5.90. The van der Waals surface area contributed by atoms with Gasteiger partial charge in [-0.3, -0.25) is 4.40 Å². The third kappa shape index (κ3) is 1.59. The number of fused-ring (bicyclic) bond motifs is 1. The molecule has 4 nitrogen and oxygen atoms in total. The lowest BCUT2D eigenvalue weighted by atomic mass is 10.0. The van der Waals surface area contributed by atoms with Crippen LogP contribution in [0.25, 0.3) is 5.65 Å². The van der Waals surface area contributed by atoms with Gasteiger partial charge in [0.2, 0.25) is 0 Å².